The van der Waals surface area contributed by atoms with Crippen LogP contribution >= 0.6 is 0 Å². The van der Waals surface area contributed by atoms with Gasteiger partial charge in [0, 0.05) is 0 Å². The molecular weight excluding hydrogens is 765 g/mol. The summed E-state index contributed by atoms with van der Waals surface area (Å²) in [5.74, 6) is -0.488. The van der Waals surface area contributed by atoms with Crippen molar-refractivity contribution in [3.05, 3.63) is 177 Å². The van der Waals surface area contributed by atoms with Gasteiger partial charge in [0.1, 0.15) is 0 Å². The molecule has 0 radical (unpaired) electrons. The fourth-order valence-corrected chi connectivity index (χ4v) is 8.11. The van der Waals surface area contributed by atoms with E-state index in [2.05, 4.69) is 116 Å². The van der Waals surface area contributed by atoms with Crippen LogP contribution in [-0.4, -0.2) is 3.21 Å². The zero-order valence-corrected chi connectivity index (χ0v) is 35.3. The van der Waals surface area contributed by atoms with E-state index in [0.29, 0.717) is 0 Å². The van der Waals surface area contributed by atoms with Crippen molar-refractivity contribution in [1.29, 1.82) is 0 Å². The van der Waals surface area contributed by atoms with E-state index >= 15 is 0 Å². The molecule has 0 unspecified atom stereocenters. The summed E-state index contributed by atoms with van der Waals surface area (Å²) in [5.41, 5.74) is 19.7. The summed E-state index contributed by atoms with van der Waals surface area (Å²) in [4.78, 5) is 0. The summed E-state index contributed by atoms with van der Waals surface area (Å²) in [6.45, 7) is 18.2. The molecule has 0 fully saturated rings. The Morgan fingerprint density at radius 2 is 1.15 bits per heavy atom. The average molecular weight is 811 g/mol. The SMILES string of the molecule is CC1=C[CH-]C(C)(C)c2cc3c(cc21)-c1cc2c(cc1C3)C(C)(C)CC=C2C.Cc1c[cH-]c(C)c1.Fc1ccc([C](=[Zr+2])c2ccc(F)cc2)cc1.[Cl-].[Cl-]. The number of fused-ring (bicyclic) bond motifs is 5. The van der Waals surface area contributed by atoms with Crippen molar-refractivity contribution in [2.75, 3.05) is 0 Å². The van der Waals surface area contributed by atoms with Crippen LogP contribution in [0.4, 0.5) is 8.78 Å². The molecule has 0 spiro atoms. The van der Waals surface area contributed by atoms with Gasteiger partial charge in [0.15, 0.2) is 0 Å². The van der Waals surface area contributed by atoms with Crippen LogP contribution in [0.3, 0.4) is 0 Å². The monoisotopic (exact) mass is 808 g/mol. The molecule has 0 nitrogen and oxygen atoms in total. The van der Waals surface area contributed by atoms with E-state index in [1.165, 1.54) is 115 Å². The van der Waals surface area contributed by atoms with E-state index in [9.17, 15) is 8.78 Å². The van der Waals surface area contributed by atoms with Crippen molar-refractivity contribution in [1.82, 2.24) is 0 Å². The molecule has 3 aliphatic carbocycles. The average Bonchev–Trinajstić information content (AvgIpc) is 3.65. The Morgan fingerprint density at radius 3 is 1.62 bits per heavy atom. The maximum atomic E-state index is 12.8. The van der Waals surface area contributed by atoms with Gasteiger partial charge in [0.2, 0.25) is 0 Å². The normalized spacial score (nSPS) is 15.1. The fraction of sp³-hybridized carbons (Fsp3) is 0.255. The smallest absolute Gasteiger partial charge is 1.00 e. The van der Waals surface area contributed by atoms with Crippen molar-refractivity contribution < 1.29 is 57.8 Å². The Hall–Kier alpha value is -3.23. The number of allylic oxidation sites excluding steroid dienone is 4. The summed E-state index contributed by atoms with van der Waals surface area (Å²) >= 11 is 1.22. The standard InChI is InChI=1S/C27H29.C13H8F2.C7H9.2ClH.Zr/c1-16-7-9-26(3,4)24-12-18-11-19-13-25-21(17(2)8-10-27(25,5)6)15-23(19)22(18)14-20(16)24;14-12-5-1-10(2-6-12)9-11-3-7-13(15)8-4-11;1-6-3-4-7(2)5-6;;;/h7-9,12-15H,10-11H2,1-6H3;1-8H;3-5H,1-2H3;2*1H;/q-1;;-1;;;+2/p-2. The van der Waals surface area contributed by atoms with Crippen molar-refractivity contribution in [3.63, 3.8) is 0 Å². The largest absolute Gasteiger partial charge is 1.00 e. The van der Waals surface area contributed by atoms with Gasteiger partial charge in [-0.25, -0.2) is 24.1 Å². The summed E-state index contributed by atoms with van der Waals surface area (Å²) in [5, 5.41) is 0. The molecular formula is C47H46Cl2F2Zr-2. The number of benzene rings is 4. The number of halogens is 4. The molecule has 0 amide bonds. The van der Waals surface area contributed by atoms with Gasteiger partial charge in [0.25, 0.3) is 0 Å². The summed E-state index contributed by atoms with van der Waals surface area (Å²) < 4.78 is 26.6. The second-order valence-electron chi connectivity index (χ2n) is 15.4. The quantitative estimate of drug-likeness (QED) is 0.179. The van der Waals surface area contributed by atoms with Crippen LogP contribution in [0.15, 0.2) is 103 Å². The minimum atomic E-state index is -0.244. The van der Waals surface area contributed by atoms with Crippen LogP contribution in [0.2, 0.25) is 0 Å². The van der Waals surface area contributed by atoms with E-state index in [1.54, 1.807) is 24.3 Å². The first-order valence-electron chi connectivity index (χ1n) is 17.5. The van der Waals surface area contributed by atoms with Gasteiger partial charge in [-0.2, -0.15) is 23.3 Å². The van der Waals surface area contributed by atoms with Gasteiger partial charge >= 0.3 is 108 Å². The first kappa shape index (κ1) is 41.5. The van der Waals surface area contributed by atoms with Crippen LogP contribution in [0.1, 0.15) is 104 Å². The van der Waals surface area contributed by atoms with Gasteiger partial charge in [0.05, 0.1) is 0 Å². The summed E-state index contributed by atoms with van der Waals surface area (Å²) in [6, 6.07) is 29.1. The molecule has 0 heterocycles. The van der Waals surface area contributed by atoms with Gasteiger partial charge in [-0.1, -0.05) is 76.8 Å². The third-order valence-corrected chi connectivity index (χ3v) is 11.8. The van der Waals surface area contributed by atoms with Crippen LogP contribution in [0.5, 0.6) is 0 Å². The Bertz CT molecular complexity index is 2000. The molecule has 5 aromatic rings. The van der Waals surface area contributed by atoms with E-state index in [-0.39, 0.29) is 47.3 Å². The molecule has 52 heavy (non-hydrogen) atoms. The van der Waals surface area contributed by atoms with Gasteiger partial charge in [-0.3, -0.25) is 0 Å². The second-order valence-corrected chi connectivity index (χ2v) is 16.6. The van der Waals surface area contributed by atoms with Crippen LogP contribution in [0, 0.1) is 31.9 Å². The number of hydrogen-bond acceptors (Lipinski definition) is 0. The maximum absolute atomic E-state index is 12.8. The van der Waals surface area contributed by atoms with Gasteiger partial charge in [-0.15, -0.1) is 12.5 Å². The van der Waals surface area contributed by atoms with Crippen LogP contribution in [0.25, 0.3) is 22.3 Å². The van der Waals surface area contributed by atoms with E-state index in [0.717, 1.165) is 27.2 Å². The van der Waals surface area contributed by atoms with Crippen LogP contribution < -0.4 is 24.8 Å². The molecule has 0 saturated heterocycles. The Kier molecular flexibility index (Phi) is 13.1. The number of aryl methyl sites for hydroxylation is 2. The van der Waals surface area contributed by atoms with Crippen LogP contribution in [-0.2, 0) is 41.5 Å². The molecule has 8 rings (SSSR count). The van der Waals surface area contributed by atoms with E-state index in [4.69, 9.17) is 0 Å². The van der Waals surface area contributed by atoms with Crippen molar-refractivity contribution in [2.45, 2.75) is 79.1 Å². The zero-order valence-electron chi connectivity index (χ0n) is 31.3. The van der Waals surface area contributed by atoms with E-state index in [1.807, 2.05) is 0 Å². The molecule has 5 heteroatoms. The third kappa shape index (κ3) is 8.76. The molecule has 3 aliphatic rings. The van der Waals surface area contributed by atoms with Crippen molar-refractivity contribution in [3.8, 4) is 11.1 Å². The number of rotatable bonds is 2. The predicted octanol–water partition coefficient (Wildman–Crippen LogP) is 6.35. The zero-order chi connectivity index (χ0) is 36.0. The molecule has 0 aromatic heterocycles. The minimum absolute atomic E-state index is 0. The molecule has 268 valence electrons. The van der Waals surface area contributed by atoms with Gasteiger partial charge in [-0.05, 0) is 70.2 Å². The fourth-order valence-electron chi connectivity index (χ4n) is 7.29. The Labute approximate surface area is 337 Å². The maximum Gasteiger partial charge on any atom is -1.00 e. The molecule has 0 N–H and O–H groups in total. The van der Waals surface area contributed by atoms with Crippen molar-refractivity contribution in [2.24, 2.45) is 0 Å². The first-order chi connectivity index (χ1) is 23.6. The first-order valence-corrected chi connectivity index (χ1v) is 18.7. The second kappa shape index (κ2) is 16.4. The predicted molar refractivity (Wildman–Crippen MR) is 204 cm³/mol. The molecule has 5 aromatic carbocycles. The van der Waals surface area contributed by atoms with Gasteiger partial charge < -0.3 is 24.8 Å². The Balaban J connectivity index is 0.000000205. The number of hydrogen-bond donors (Lipinski definition) is 0. The summed E-state index contributed by atoms with van der Waals surface area (Å²) in [7, 11) is 0. The summed E-state index contributed by atoms with van der Waals surface area (Å²) in [6.07, 6.45) is 9.28. The third-order valence-electron chi connectivity index (χ3n) is 10.4. The molecule has 0 saturated carbocycles. The molecule has 0 bridgehead atoms. The van der Waals surface area contributed by atoms with E-state index < -0.39 is 0 Å². The molecule has 0 atom stereocenters. The molecule has 0 aliphatic heterocycles. The minimum Gasteiger partial charge on any atom is -1.00 e. The van der Waals surface area contributed by atoms with Crippen molar-refractivity contribution >= 4 is 14.4 Å². The topological polar surface area (TPSA) is 0 Å². The Morgan fingerprint density at radius 1 is 0.654 bits per heavy atom.